The van der Waals surface area contributed by atoms with Crippen molar-refractivity contribution < 1.29 is 22.3 Å². The van der Waals surface area contributed by atoms with E-state index in [1.54, 1.807) is 0 Å². The number of alkyl halides is 3. The molecule has 0 amide bonds. The van der Waals surface area contributed by atoms with Crippen LogP contribution in [0.25, 0.3) is 0 Å². The molecule has 0 fully saturated rings. The van der Waals surface area contributed by atoms with Crippen molar-refractivity contribution in [3.8, 4) is 0 Å². The largest absolute Gasteiger partial charge is 0.459 e. The van der Waals surface area contributed by atoms with Gasteiger partial charge in [0.25, 0.3) is 12.4 Å². The molecule has 106 valence electrons. The average Bonchev–Trinajstić information content (AvgIpc) is 2.36. The molecule has 0 aliphatic rings. The predicted octanol–water partition coefficient (Wildman–Crippen LogP) is 2.61. The van der Waals surface area contributed by atoms with Crippen LogP contribution in [0.3, 0.4) is 0 Å². The molecule has 2 N–H and O–H groups in total. The molecule has 0 radical (unpaired) electrons. The van der Waals surface area contributed by atoms with E-state index in [0.29, 0.717) is 0 Å². The first kappa shape index (κ1) is 15.3. The summed E-state index contributed by atoms with van der Waals surface area (Å²) in [5.74, 6) is -0.659. The molecule has 3 nitrogen and oxygen atoms in total. The van der Waals surface area contributed by atoms with Crippen molar-refractivity contribution in [2.75, 3.05) is 13.3 Å². The Kier molecular flexibility index (Phi) is 5.14. The van der Waals surface area contributed by atoms with E-state index in [2.05, 4.69) is 9.73 Å². The van der Waals surface area contributed by atoms with Crippen molar-refractivity contribution in [1.29, 1.82) is 0 Å². The maximum absolute atomic E-state index is 13.6. The third-order valence-electron chi connectivity index (χ3n) is 2.43. The number of nitrogens with two attached hydrogens (primary N) is 1. The highest BCUT2D eigenvalue weighted by molar-refractivity contribution is 5.72. The van der Waals surface area contributed by atoms with Crippen LogP contribution in [0.4, 0.5) is 17.6 Å². The lowest BCUT2D eigenvalue weighted by molar-refractivity contribution is 0.0743. The third-order valence-corrected chi connectivity index (χ3v) is 2.43. The van der Waals surface area contributed by atoms with Crippen LogP contribution in [0.5, 0.6) is 0 Å². The number of benzene rings is 1. The summed E-state index contributed by atoms with van der Waals surface area (Å²) in [5.41, 5.74) is 3.64. The van der Waals surface area contributed by atoms with Crippen LogP contribution in [0.15, 0.2) is 29.3 Å². The lowest BCUT2D eigenvalue weighted by Crippen LogP contribution is -2.30. The number of hydrogen-bond donors (Lipinski definition) is 1. The number of aliphatic imine (C=N–C) groups is 1. The second-order valence-corrected chi connectivity index (χ2v) is 4.04. The summed E-state index contributed by atoms with van der Waals surface area (Å²) in [7, 11) is 0. The van der Waals surface area contributed by atoms with Gasteiger partial charge in [0.2, 0.25) is 0 Å². The van der Waals surface area contributed by atoms with E-state index in [-0.39, 0.29) is 5.56 Å². The molecule has 0 aliphatic carbocycles. The second kappa shape index (κ2) is 6.40. The Morgan fingerprint density at radius 3 is 2.58 bits per heavy atom. The van der Waals surface area contributed by atoms with Crippen LogP contribution < -0.4 is 5.73 Å². The molecular formula is C12H14F4N2O. The molecular weight excluding hydrogens is 264 g/mol. The maximum Gasteiger partial charge on any atom is 0.283 e. The van der Waals surface area contributed by atoms with E-state index in [0.717, 1.165) is 6.07 Å². The van der Waals surface area contributed by atoms with Crippen molar-refractivity contribution >= 4 is 6.02 Å². The van der Waals surface area contributed by atoms with Crippen molar-refractivity contribution in [1.82, 2.24) is 0 Å². The predicted molar refractivity (Wildman–Crippen MR) is 63.3 cm³/mol. The van der Waals surface area contributed by atoms with E-state index < -0.39 is 37.1 Å². The Morgan fingerprint density at radius 2 is 2.05 bits per heavy atom. The van der Waals surface area contributed by atoms with Gasteiger partial charge in [0.15, 0.2) is 6.61 Å². The van der Waals surface area contributed by atoms with Gasteiger partial charge in [-0.15, -0.1) is 0 Å². The standard InChI is InChI=1S/C12H14F4N2O/c1-12(7-13,8-4-2-3-5-9(8)14)18-11(17)19-6-10(15)16/h2-5,10H,6-7H2,1H3,(H2,17,18)/t12-/m1/s1. The summed E-state index contributed by atoms with van der Waals surface area (Å²) in [6.45, 7) is -0.703. The quantitative estimate of drug-likeness (QED) is 0.511. The number of hydrogen-bond acceptors (Lipinski definition) is 2. The number of ether oxygens (including phenoxy) is 1. The van der Waals surface area contributed by atoms with Crippen LogP contribution >= 0.6 is 0 Å². The highest BCUT2D eigenvalue weighted by Gasteiger charge is 2.30. The summed E-state index contributed by atoms with van der Waals surface area (Å²) in [4.78, 5) is 3.65. The fourth-order valence-electron chi connectivity index (χ4n) is 1.48. The molecule has 7 heteroatoms. The number of halogens is 4. The van der Waals surface area contributed by atoms with Gasteiger partial charge in [0.1, 0.15) is 18.0 Å². The summed E-state index contributed by atoms with van der Waals surface area (Å²) >= 11 is 0. The molecule has 19 heavy (non-hydrogen) atoms. The lowest BCUT2D eigenvalue weighted by Gasteiger charge is -2.23. The van der Waals surface area contributed by atoms with Gasteiger partial charge < -0.3 is 10.5 Å². The first-order valence-electron chi connectivity index (χ1n) is 5.46. The zero-order chi connectivity index (χ0) is 14.5. The molecule has 0 unspecified atom stereocenters. The molecule has 0 heterocycles. The topological polar surface area (TPSA) is 47.6 Å². The van der Waals surface area contributed by atoms with Crippen molar-refractivity contribution in [3.63, 3.8) is 0 Å². The van der Waals surface area contributed by atoms with Gasteiger partial charge in [0.05, 0.1) is 0 Å². The van der Waals surface area contributed by atoms with Gasteiger partial charge in [-0.3, -0.25) is 0 Å². The molecule has 0 aromatic heterocycles. The first-order chi connectivity index (χ1) is 8.89. The van der Waals surface area contributed by atoms with Crippen molar-refractivity contribution in [2.45, 2.75) is 18.9 Å². The van der Waals surface area contributed by atoms with Crippen LogP contribution in [-0.2, 0) is 10.3 Å². The SMILES string of the molecule is C[C@](CF)(/N=C(/N)OCC(F)F)c1ccccc1F. The highest BCUT2D eigenvalue weighted by Crippen LogP contribution is 2.28. The molecule has 1 rings (SSSR count). The van der Waals surface area contributed by atoms with Gasteiger partial charge >= 0.3 is 0 Å². The Bertz CT molecular complexity index is 453. The molecule has 1 aromatic carbocycles. The number of amidine groups is 1. The summed E-state index contributed by atoms with van der Waals surface area (Å²) < 4.78 is 55.0. The Balaban J connectivity index is 2.98. The van der Waals surface area contributed by atoms with E-state index in [1.165, 1.54) is 25.1 Å². The second-order valence-electron chi connectivity index (χ2n) is 4.04. The van der Waals surface area contributed by atoms with Gasteiger partial charge in [-0.1, -0.05) is 18.2 Å². The van der Waals surface area contributed by atoms with Crippen LogP contribution in [0, 0.1) is 5.82 Å². The van der Waals surface area contributed by atoms with Crippen LogP contribution in [0.1, 0.15) is 12.5 Å². The van der Waals surface area contributed by atoms with Crippen molar-refractivity contribution in [2.24, 2.45) is 10.7 Å². The molecule has 0 bridgehead atoms. The minimum absolute atomic E-state index is 0.0268. The van der Waals surface area contributed by atoms with E-state index >= 15 is 0 Å². The van der Waals surface area contributed by atoms with Gasteiger partial charge in [-0.25, -0.2) is 22.6 Å². The first-order valence-corrected chi connectivity index (χ1v) is 5.46. The molecule has 0 spiro atoms. The van der Waals surface area contributed by atoms with Crippen LogP contribution in [0.2, 0.25) is 0 Å². The summed E-state index contributed by atoms with van der Waals surface area (Å²) in [6.07, 6.45) is -2.72. The maximum atomic E-state index is 13.6. The van der Waals surface area contributed by atoms with Gasteiger partial charge in [-0.2, -0.15) is 0 Å². The fraction of sp³-hybridized carbons (Fsp3) is 0.417. The Hall–Kier alpha value is -1.79. The minimum atomic E-state index is -2.72. The molecule has 0 saturated carbocycles. The summed E-state index contributed by atoms with van der Waals surface area (Å²) in [6, 6.07) is 4.84. The fourth-order valence-corrected chi connectivity index (χ4v) is 1.48. The van der Waals surface area contributed by atoms with Crippen molar-refractivity contribution in [3.05, 3.63) is 35.6 Å². The Morgan fingerprint density at radius 1 is 1.42 bits per heavy atom. The highest BCUT2D eigenvalue weighted by atomic mass is 19.3. The van der Waals surface area contributed by atoms with E-state index in [1.807, 2.05) is 0 Å². The molecule has 0 aliphatic heterocycles. The normalized spacial score (nSPS) is 15.4. The number of rotatable bonds is 5. The molecule has 1 atom stereocenters. The Labute approximate surface area is 108 Å². The number of nitrogens with zero attached hydrogens (tertiary/aromatic N) is 1. The average molecular weight is 278 g/mol. The van der Waals surface area contributed by atoms with E-state index in [9.17, 15) is 17.6 Å². The smallest absolute Gasteiger partial charge is 0.283 e. The molecule has 0 saturated heterocycles. The van der Waals surface area contributed by atoms with Crippen LogP contribution in [-0.4, -0.2) is 25.7 Å². The third kappa shape index (κ3) is 4.11. The summed E-state index contributed by atoms with van der Waals surface area (Å²) in [5, 5.41) is 0. The zero-order valence-corrected chi connectivity index (χ0v) is 10.2. The lowest BCUT2D eigenvalue weighted by atomic mass is 9.94. The van der Waals surface area contributed by atoms with Gasteiger partial charge in [-0.05, 0) is 13.0 Å². The minimum Gasteiger partial charge on any atom is -0.459 e. The monoisotopic (exact) mass is 278 g/mol. The molecule has 1 aromatic rings. The van der Waals surface area contributed by atoms with Gasteiger partial charge in [0, 0.05) is 5.56 Å². The van der Waals surface area contributed by atoms with E-state index in [4.69, 9.17) is 5.73 Å². The zero-order valence-electron chi connectivity index (χ0n) is 10.2.